The number of para-hydroxylation sites is 1. The molecule has 1 N–H and O–H groups in total. The van der Waals surface area contributed by atoms with E-state index in [-0.39, 0.29) is 18.5 Å². The molecule has 1 heterocycles. The molecule has 0 fully saturated rings. The SMILES string of the molecule is COCCCN(CC(=O)N(Cc1ccccc1)Cc1cccs1)C(=O)Nc1ccccc1Br. The van der Waals surface area contributed by atoms with Crippen molar-refractivity contribution in [2.24, 2.45) is 0 Å². The third kappa shape index (κ3) is 7.99. The summed E-state index contributed by atoms with van der Waals surface area (Å²) in [4.78, 5) is 30.9. The second kappa shape index (κ2) is 13.1. The van der Waals surface area contributed by atoms with Gasteiger partial charge in [-0.2, -0.15) is 0 Å². The van der Waals surface area contributed by atoms with Gasteiger partial charge in [0.1, 0.15) is 6.54 Å². The van der Waals surface area contributed by atoms with Gasteiger partial charge in [0.25, 0.3) is 0 Å². The summed E-state index contributed by atoms with van der Waals surface area (Å²) >= 11 is 5.07. The van der Waals surface area contributed by atoms with Crippen molar-refractivity contribution in [3.8, 4) is 0 Å². The molecule has 0 saturated heterocycles. The van der Waals surface area contributed by atoms with E-state index in [1.54, 1.807) is 28.2 Å². The van der Waals surface area contributed by atoms with E-state index >= 15 is 0 Å². The molecule has 0 unspecified atom stereocenters. The van der Waals surface area contributed by atoms with Crippen LogP contribution in [-0.4, -0.2) is 48.5 Å². The Kier molecular flexibility index (Phi) is 9.93. The summed E-state index contributed by atoms with van der Waals surface area (Å²) < 4.78 is 5.93. The number of hydrogen-bond acceptors (Lipinski definition) is 4. The molecule has 3 amide bonds. The number of thiophene rings is 1. The fourth-order valence-corrected chi connectivity index (χ4v) is 4.40. The van der Waals surface area contributed by atoms with E-state index in [0.29, 0.717) is 38.3 Å². The van der Waals surface area contributed by atoms with Gasteiger partial charge in [0.2, 0.25) is 5.91 Å². The van der Waals surface area contributed by atoms with Crippen LogP contribution in [-0.2, 0) is 22.6 Å². The van der Waals surface area contributed by atoms with Crippen molar-refractivity contribution in [3.05, 3.63) is 87.0 Å². The summed E-state index contributed by atoms with van der Waals surface area (Å²) in [6.45, 7) is 1.89. The van der Waals surface area contributed by atoms with Crippen LogP contribution in [0.15, 0.2) is 76.6 Å². The molecule has 6 nitrogen and oxygen atoms in total. The number of ether oxygens (including phenoxy) is 1. The molecule has 2 aromatic carbocycles. The largest absolute Gasteiger partial charge is 0.385 e. The van der Waals surface area contributed by atoms with Crippen molar-refractivity contribution >= 4 is 44.9 Å². The van der Waals surface area contributed by atoms with E-state index in [1.807, 2.05) is 72.1 Å². The molecule has 0 spiro atoms. The standard InChI is InChI=1S/C25H28BrN3O3S/c1-32-15-8-14-28(25(31)27-23-13-6-5-12-22(23)26)19-24(30)29(18-21-11-7-16-33-21)17-20-9-3-2-4-10-20/h2-7,9-13,16H,8,14-15,17-19H2,1H3,(H,27,31). The quantitative estimate of drug-likeness (QED) is 0.328. The minimum absolute atomic E-state index is 0.0157. The first kappa shape index (κ1) is 25.0. The van der Waals surface area contributed by atoms with E-state index in [1.165, 1.54) is 0 Å². The molecule has 0 atom stereocenters. The number of rotatable bonds is 11. The van der Waals surface area contributed by atoms with Crippen molar-refractivity contribution < 1.29 is 14.3 Å². The van der Waals surface area contributed by atoms with Gasteiger partial charge in [-0.15, -0.1) is 11.3 Å². The van der Waals surface area contributed by atoms with Gasteiger partial charge in [-0.05, 0) is 51.5 Å². The third-order valence-corrected chi connectivity index (χ3v) is 6.55. The van der Waals surface area contributed by atoms with Crippen molar-refractivity contribution in [2.45, 2.75) is 19.5 Å². The molecule has 0 aliphatic carbocycles. The molecule has 0 bridgehead atoms. The van der Waals surface area contributed by atoms with E-state index in [9.17, 15) is 9.59 Å². The number of carbonyl (C=O) groups is 2. The Morgan fingerprint density at radius 2 is 1.73 bits per heavy atom. The second-order valence-corrected chi connectivity index (χ2v) is 9.38. The molecule has 0 aliphatic rings. The maximum absolute atomic E-state index is 13.4. The van der Waals surface area contributed by atoms with Crippen LogP contribution in [0, 0.1) is 0 Å². The Labute approximate surface area is 207 Å². The number of amides is 3. The summed E-state index contributed by atoms with van der Waals surface area (Å²) in [5.74, 6) is -0.105. The highest BCUT2D eigenvalue weighted by Crippen LogP contribution is 2.22. The Morgan fingerprint density at radius 1 is 0.970 bits per heavy atom. The lowest BCUT2D eigenvalue weighted by Crippen LogP contribution is -2.44. The monoisotopic (exact) mass is 529 g/mol. The zero-order valence-electron chi connectivity index (χ0n) is 18.6. The summed E-state index contributed by atoms with van der Waals surface area (Å²) in [6.07, 6.45) is 0.636. The average molecular weight is 530 g/mol. The van der Waals surface area contributed by atoms with Crippen LogP contribution >= 0.6 is 27.3 Å². The number of nitrogens with one attached hydrogen (secondary N) is 1. The highest BCUT2D eigenvalue weighted by molar-refractivity contribution is 9.10. The van der Waals surface area contributed by atoms with E-state index in [4.69, 9.17) is 4.74 Å². The minimum Gasteiger partial charge on any atom is -0.385 e. The van der Waals surface area contributed by atoms with E-state index < -0.39 is 0 Å². The molecule has 8 heteroatoms. The second-order valence-electron chi connectivity index (χ2n) is 7.49. The van der Waals surface area contributed by atoms with E-state index in [0.717, 1.165) is 14.9 Å². The highest BCUT2D eigenvalue weighted by atomic mass is 79.9. The van der Waals surface area contributed by atoms with Crippen LogP contribution in [0.1, 0.15) is 16.9 Å². The first-order chi connectivity index (χ1) is 16.1. The molecular weight excluding hydrogens is 502 g/mol. The fourth-order valence-electron chi connectivity index (χ4n) is 3.30. The molecular formula is C25H28BrN3O3S. The fraction of sp³-hybridized carbons (Fsp3) is 0.280. The van der Waals surface area contributed by atoms with Crippen LogP contribution in [0.3, 0.4) is 0 Å². The lowest BCUT2D eigenvalue weighted by Gasteiger charge is -2.28. The number of urea groups is 1. The summed E-state index contributed by atoms with van der Waals surface area (Å²) in [6, 6.07) is 21.0. The molecule has 33 heavy (non-hydrogen) atoms. The number of methoxy groups -OCH3 is 1. The van der Waals surface area contributed by atoms with Crippen LogP contribution < -0.4 is 5.32 Å². The lowest BCUT2D eigenvalue weighted by atomic mass is 10.2. The number of carbonyl (C=O) groups excluding carboxylic acids is 2. The van der Waals surface area contributed by atoms with Crippen LogP contribution in [0.4, 0.5) is 10.5 Å². The molecule has 0 radical (unpaired) electrons. The van der Waals surface area contributed by atoms with E-state index in [2.05, 4.69) is 21.2 Å². The smallest absolute Gasteiger partial charge is 0.322 e. The Morgan fingerprint density at radius 3 is 2.42 bits per heavy atom. The predicted molar refractivity (Wildman–Crippen MR) is 136 cm³/mol. The Hall–Kier alpha value is -2.68. The first-order valence-corrected chi connectivity index (χ1v) is 12.4. The number of halogens is 1. The minimum atomic E-state index is -0.317. The number of benzene rings is 2. The Balaban J connectivity index is 1.74. The van der Waals surface area contributed by atoms with Gasteiger partial charge >= 0.3 is 6.03 Å². The van der Waals surface area contributed by atoms with Crippen LogP contribution in [0.25, 0.3) is 0 Å². The molecule has 174 valence electrons. The van der Waals surface area contributed by atoms with Gasteiger partial charge in [-0.25, -0.2) is 4.79 Å². The molecule has 3 aromatic rings. The summed E-state index contributed by atoms with van der Waals surface area (Å²) in [5.41, 5.74) is 1.71. The van der Waals surface area contributed by atoms with Crippen molar-refractivity contribution in [1.29, 1.82) is 0 Å². The maximum Gasteiger partial charge on any atom is 0.322 e. The van der Waals surface area contributed by atoms with Gasteiger partial charge in [0.05, 0.1) is 12.2 Å². The van der Waals surface area contributed by atoms with Gasteiger partial charge in [-0.1, -0.05) is 48.5 Å². The molecule has 3 rings (SSSR count). The third-order valence-electron chi connectivity index (χ3n) is 5.00. The molecule has 1 aromatic heterocycles. The van der Waals surface area contributed by atoms with Crippen LogP contribution in [0.5, 0.6) is 0 Å². The van der Waals surface area contributed by atoms with Crippen molar-refractivity contribution in [2.75, 3.05) is 32.1 Å². The normalized spacial score (nSPS) is 10.6. The highest BCUT2D eigenvalue weighted by Gasteiger charge is 2.22. The summed E-state index contributed by atoms with van der Waals surface area (Å²) in [7, 11) is 1.62. The van der Waals surface area contributed by atoms with Crippen molar-refractivity contribution in [3.63, 3.8) is 0 Å². The molecule has 0 saturated carbocycles. The first-order valence-electron chi connectivity index (χ1n) is 10.7. The number of hydrogen-bond donors (Lipinski definition) is 1. The van der Waals surface area contributed by atoms with Gasteiger partial charge in [-0.3, -0.25) is 4.79 Å². The topological polar surface area (TPSA) is 61.9 Å². The van der Waals surface area contributed by atoms with Crippen molar-refractivity contribution in [1.82, 2.24) is 9.80 Å². The zero-order chi connectivity index (χ0) is 23.5. The van der Waals surface area contributed by atoms with Gasteiger partial charge in [0.15, 0.2) is 0 Å². The van der Waals surface area contributed by atoms with Gasteiger partial charge in [0, 0.05) is 36.2 Å². The maximum atomic E-state index is 13.4. The van der Waals surface area contributed by atoms with Gasteiger partial charge < -0.3 is 19.9 Å². The zero-order valence-corrected chi connectivity index (χ0v) is 21.0. The number of anilines is 1. The summed E-state index contributed by atoms with van der Waals surface area (Å²) in [5, 5.41) is 4.91. The number of nitrogens with zero attached hydrogens (tertiary/aromatic N) is 2. The molecule has 0 aliphatic heterocycles. The van der Waals surface area contributed by atoms with Crippen LogP contribution in [0.2, 0.25) is 0 Å². The average Bonchev–Trinajstić information content (AvgIpc) is 3.33. The predicted octanol–water partition coefficient (Wildman–Crippen LogP) is 5.61. The Bertz CT molecular complexity index is 1010. The lowest BCUT2D eigenvalue weighted by molar-refractivity contribution is -0.133.